The molecule has 3 nitrogen and oxygen atoms in total. The zero-order valence-corrected chi connectivity index (χ0v) is 10.5. The van der Waals surface area contributed by atoms with Crippen molar-refractivity contribution in [2.45, 2.75) is 6.54 Å². The Morgan fingerprint density at radius 2 is 2.11 bits per heavy atom. The maximum absolute atomic E-state index is 13.2. The average Bonchev–Trinajstić information content (AvgIpc) is 2.35. The lowest BCUT2D eigenvalue weighted by molar-refractivity contribution is 0.626. The molecule has 0 radical (unpaired) electrons. The first kappa shape index (κ1) is 12.6. The topological polar surface area (TPSA) is 34.0 Å². The van der Waals surface area contributed by atoms with E-state index in [4.69, 9.17) is 11.6 Å². The van der Waals surface area contributed by atoms with Gasteiger partial charge in [0, 0.05) is 25.9 Å². The van der Waals surface area contributed by atoms with E-state index in [-0.39, 0.29) is 10.6 Å². The third-order valence-corrected chi connectivity index (χ3v) is 2.87. The summed E-state index contributed by atoms with van der Waals surface area (Å²) in [6.07, 6.45) is 1.69. The largest absolute Gasteiger partial charge is 0.380 e. The Hall–Kier alpha value is -1.81. The molecule has 0 saturated carbocycles. The van der Waals surface area contributed by atoms with E-state index in [1.807, 2.05) is 0 Å². The van der Waals surface area contributed by atoms with E-state index in [0.29, 0.717) is 6.54 Å². The summed E-state index contributed by atoms with van der Waals surface area (Å²) < 4.78 is 14.7. The van der Waals surface area contributed by atoms with Gasteiger partial charge in [-0.05, 0) is 23.8 Å². The Balaban J connectivity index is 2.09. The van der Waals surface area contributed by atoms with Gasteiger partial charge >= 0.3 is 0 Å². The molecule has 0 saturated heterocycles. The Morgan fingerprint density at radius 1 is 1.33 bits per heavy atom. The summed E-state index contributed by atoms with van der Waals surface area (Å²) in [5.74, 6) is -0.434. The lowest BCUT2D eigenvalue weighted by Crippen LogP contribution is -2.15. The molecule has 0 fully saturated rings. The highest BCUT2D eigenvalue weighted by Gasteiger charge is 2.01. The number of rotatable bonds is 3. The standard InChI is InChI=1S/C13H12ClFN2O/c1-17-8-10(3-5-13(17)18)16-7-9-2-4-11(14)12(15)6-9/h2-6,8,16H,7H2,1H3. The van der Waals surface area contributed by atoms with E-state index in [2.05, 4.69) is 5.32 Å². The summed E-state index contributed by atoms with van der Waals surface area (Å²) in [6, 6.07) is 7.83. The van der Waals surface area contributed by atoms with Gasteiger partial charge in [-0.1, -0.05) is 17.7 Å². The summed E-state index contributed by atoms with van der Waals surface area (Å²) in [6.45, 7) is 0.465. The summed E-state index contributed by atoms with van der Waals surface area (Å²) >= 11 is 5.60. The van der Waals surface area contributed by atoms with E-state index in [1.54, 1.807) is 25.4 Å². The Labute approximate surface area is 109 Å². The van der Waals surface area contributed by atoms with Crippen molar-refractivity contribution < 1.29 is 4.39 Å². The van der Waals surface area contributed by atoms with E-state index in [1.165, 1.54) is 22.8 Å². The molecule has 1 N–H and O–H groups in total. The third-order valence-electron chi connectivity index (χ3n) is 2.57. The van der Waals surface area contributed by atoms with Crippen molar-refractivity contribution >= 4 is 17.3 Å². The van der Waals surface area contributed by atoms with Gasteiger partial charge in [0.25, 0.3) is 0 Å². The minimum atomic E-state index is -0.434. The van der Waals surface area contributed by atoms with Crippen LogP contribution in [0.4, 0.5) is 10.1 Å². The third kappa shape index (κ3) is 2.90. The summed E-state index contributed by atoms with van der Waals surface area (Å²) in [5, 5.41) is 3.22. The summed E-state index contributed by atoms with van der Waals surface area (Å²) in [5.41, 5.74) is 1.51. The highest BCUT2D eigenvalue weighted by molar-refractivity contribution is 6.30. The van der Waals surface area contributed by atoms with Crippen molar-refractivity contribution in [1.29, 1.82) is 0 Å². The number of aryl methyl sites for hydroxylation is 1. The lowest BCUT2D eigenvalue weighted by Gasteiger charge is -2.08. The minimum Gasteiger partial charge on any atom is -0.380 e. The average molecular weight is 267 g/mol. The van der Waals surface area contributed by atoms with Gasteiger partial charge in [-0.25, -0.2) is 4.39 Å². The lowest BCUT2D eigenvalue weighted by atomic mass is 10.2. The molecule has 0 atom stereocenters. The Bertz CT molecular complexity index is 625. The monoisotopic (exact) mass is 266 g/mol. The molecule has 0 unspecified atom stereocenters. The Kier molecular flexibility index (Phi) is 3.67. The number of aromatic nitrogens is 1. The molecule has 0 spiro atoms. The number of benzene rings is 1. The SMILES string of the molecule is Cn1cc(NCc2ccc(Cl)c(F)c2)ccc1=O. The molecule has 18 heavy (non-hydrogen) atoms. The van der Waals surface area contributed by atoms with Crippen LogP contribution < -0.4 is 10.9 Å². The molecule has 1 aromatic carbocycles. The van der Waals surface area contributed by atoms with Gasteiger partial charge in [0.1, 0.15) is 5.82 Å². The van der Waals surface area contributed by atoms with Crippen LogP contribution in [0.5, 0.6) is 0 Å². The number of nitrogens with one attached hydrogen (secondary N) is 1. The molecule has 2 rings (SSSR count). The minimum absolute atomic E-state index is 0.0712. The molecular weight excluding hydrogens is 255 g/mol. The fourth-order valence-electron chi connectivity index (χ4n) is 1.55. The van der Waals surface area contributed by atoms with Crippen LogP contribution in [0.3, 0.4) is 0 Å². The summed E-state index contributed by atoms with van der Waals surface area (Å²) in [4.78, 5) is 11.2. The number of anilines is 1. The van der Waals surface area contributed by atoms with Crippen LogP contribution in [0.15, 0.2) is 41.3 Å². The van der Waals surface area contributed by atoms with Crippen molar-refractivity contribution in [2.24, 2.45) is 7.05 Å². The molecule has 0 bridgehead atoms. The van der Waals surface area contributed by atoms with E-state index >= 15 is 0 Å². The van der Waals surface area contributed by atoms with Crippen LogP contribution in [0.1, 0.15) is 5.56 Å². The van der Waals surface area contributed by atoms with Gasteiger partial charge in [0.15, 0.2) is 0 Å². The van der Waals surface area contributed by atoms with Crippen LogP contribution in [-0.4, -0.2) is 4.57 Å². The number of halogens is 2. The number of hydrogen-bond acceptors (Lipinski definition) is 2. The molecule has 0 amide bonds. The van der Waals surface area contributed by atoms with Gasteiger partial charge < -0.3 is 9.88 Å². The second-order valence-corrected chi connectivity index (χ2v) is 4.38. The van der Waals surface area contributed by atoms with Gasteiger partial charge in [0.2, 0.25) is 5.56 Å². The van der Waals surface area contributed by atoms with E-state index in [0.717, 1.165) is 11.3 Å². The molecule has 2 aromatic rings. The Morgan fingerprint density at radius 3 is 2.78 bits per heavy atom. The highest BCUT2D eigenvalue weighted by atomic mass is 35.5. The fourth-order valence-corrected chi connectivity index (χ4v) is 1.67. The van der Waals surface area contributed by atoms with Crippen molar-refractivity contribution in [2.75, 3.05) is 5.32 Å². The second-order valence-electron chi connectivity index (χ2n) is 3.97. The van der Waals surface area contributed by atoms with Crippen molar-refractivity contribution in [1.82, 2.24) is 4.57 Å². The van der Waals surface area contributed by atoms with Crippen molar-refractivity contribution in [3.05, 3.63) is 63.3 Å². The maximum Gasteiger partial charge on any atom is 0.250 e. The second kappa shape index (κ2) is 5.23. The predicted octanol–water partition coefficient (Wildman–Crippen LogP) is 2.79. The predicted molar refractivity (Wildman–Crippen MR) is 70.4 cm³/mol. The summed E-state index contributed by atoms with van der Waals surface area (Å²) in [7, 11) is 1.68. The molecular formula is C13H12ClFN2O. The fraction of sp³-hybridized carbons (Fsp3) is 0.154. The zero-order valence-electron chi connectivity index (χ0n) is 9.78. The van der Waals surface area contributed by atoms with Gasteiger partial charge in [-0.15, -0.1) is 0 Å². The number of pyridine rings is 1. The van der Waals surface area contributed by atoms with Gasteiger partial charge in [-0.2, -0.15) is 0 Å². The zero-order chi connectivity index (χ0) is 13.1. The first-order valence-corrected chi connectivity index (χ1v) is 5.78. The molecule has 5 heteroatoms. The molecule has 0 aliphatic rings. The van der Waals surface area contributed by atoms with Gasteiger partial charge in [0.05, 0.1) is 10.7 Å². The van der Waals surface area contributed by atoms with Crippen molar-refractivity contribution in [3.63, 3.8) is 0 Å². The highest BCUT2D eigenvalue weighted by Crippen LogP contribution is 2.16. The van der Waals surface area contributed by atoms with Crippen LogP contribution >= 0.6 is 11.6 Å². The smallest absolute Gasteiger partial charge is 0.250 e. The molecule has 0 aliphatic carbocycles. The number of hydrogen-bond donors (Lipinski definition) is 1. The molecule has 94 valence electrons. The molecule has 1 heterocycles. The first-order chi connectivity index (χ1) is 8.56. The molecule has 0 aliphatic heterocycles. The maximum atomic E-state index is 13.2. The van der Waals surface area contributed by atoms with Crippen LogP contribution in [0.2, 0.25) is 5.02 Å². The van der Waals surface area contributed by atoms with E-state index < -0.39 is 5.82 Å². The quantitative estimate of drug-likeness (QED) is 0.927. The first-order valence-electron chi connectivity index (χ1n) is 5.41. The van der Waals surface area contributed by atoms with Crippen molar-refractivity contribution in [3.8, 4) is 0 Å². The van der Waals surface area contributed by atoms with Crippen LogP contribution in [-0.2, 0) is 13.6 Å². The van der Waals surface area contributed by atoms with Crippen LogP contribution in [0, 0.1) is 5.82 Å². The number of nitrogens with zero attached hydrogens (tertiary/aromatic N) is 1. The molecule has 1 aromatic heterocycles. The van der Waals surface area contributed by atoms with Crippen LogP contribution in [0.25, 0.3) is 0 Å². The van der Waals surface area contributed by atoms with E-state index in [9.17, 15) is 9.18 Å². The normalized spacial score (nSPS) is 10.4. The van der Waals surface area contributed by atoms with Gasteiger partial charge in [-0.3, -0.25) is 4.79 Å².